The van der Waals surface area contributed by atoms with Gasteiger partial charge in [0.2, 0.25) is 0 Å². The van der Waals surface area contributed by atoms with Crippen molar-refractivity contribution in [2.24, 2.45) is 0 Å². The van der Waals surface area contributed by atoms with Gasteiger partial charge in [0.15, 0.2) is 0 Å². The molecule has 2 rings (SSSR count). The Balaban J connectivity index is 1.77. The van der Waals surface area contributed by atoms with Crippen LogP contribution in [0, 0.1) is 11.8 Å². The minimum Gasteiger partial charge on any atom is -0.492 e. The number of hydrogen-bond acceptors (Lipinski definition) is 3. The number of ether oxygens (including phenoxy) is 1. The highest BCUT2D eigenvalue weighted by molar-refractivity contribution is 5.39. The Morgan fingerprint density at radius 3 is 2.95 bits per heavy atom. The first kappa shape index (κ1) is 14.9. The van der Waals surface area contributed by atoms with Crippen LogP contribution in [-0.2, 0) is 0 Å². The van der Waals surface area contributed by atoms with Crippen LogP contribution in [0.2, 0.25) is 0 Å². The maximum atomic E-state index is 8.71. The van der Waals surface area contributed by atoms with Gasteiger partial charge in [-0.15, -0.1) is 0 Å². The van der Waals surface area contributed by atoms with Crippen LogP contribution in [0.15, 0.2) is 24.3 Å². The fourth-order valence-corrected chi connectivity index (χ4v) is 2.20. The highest BCUT2D eigenvalue weighted by Crippen LogP contribution is 2.23. The van der Waals surface area contributed by atoms with E-state index in [1.807, 2.05) is 24.3 Å². The Hall–Kier alpha value is -1.50. The molecule has 0 unspecified atom stereocenters. The molecule has 108 valence electrons. The van der Waals surface area contributed by atoms with Gasteiger partial charge in [0.25, 0.3) is 0 Å². The quantitative estimate of drug-likeness (QED) is 0.807. The van der Waals surface area contributed by atoms with Crippen molar-refractivity contribution in [3.63, 3.8) is 0 Å². The molecule has 1 aromatic rings. The molecule has 1 aromatic carbocycles. The van der Waals surface area contributed by atoms with Crippen LogP contribution < -0.4 is 4.74 Å². The van der Waals surface area contributed by atoms with Crippen LogP contribution >= 0.6 is 0 Å². The molecule has 0 heterocycles. The molecule has 0 aliphatic heterocycles. The molecule has 1 N–H and O–H groups in total. The molecule has 1 aliphatic rings. The van der Waals surface area contributed by atoms with Crippen LogP contribution in [0.4, 0.5) is 0 Å². The third-order valence-corrected chi connectivity index (χ3v) is 3.71. The molecule has 0 atom stereocenters. The molecule has 3 nitrogen and oxygen atoms in total. The van der Waals surface area contributed by atoms with Gasteiger partial charge in [0.1, 0.15) is 12.4 Å². The minimum absolute atomic E-state index is 0.108. The monoisotopic (exact) mass is 273 g/mol. The third kappa shape index (κ3) is 4.56. The van der Waals surface area contributed by atoms with Crippen molar-refractivity contribution in [2.45, 2.75) is 31.7 Å². The lowest BCUT2D eigenvalue weighted by molar-refractivity contribution is 0.135. The maximum absolute atomic E-state index is 8.71. The zero-order valence-corrected chi connectivity index (χ0v) is 12.1. The molecule has 0 aromatic heterocycles. The molecular formula is C17H23NO2. The molecule has 1 aliphatic carbocycles. The van der Waals surface area contributed by atoms with E-state index in [-0.39, 0.29) is 6.61 Å². The van der Waals surface area contributed by atoms with E-state index in [0.717, 1.165) is 23.9 Å². The summed E-state index contributed by atoms with van der Waals surface area (Å²) in [6.07, 6.45) is 4.53. The van der Waals surface area contributed by atoms with Gasteiger partial charge < -0.3 is 14.7 Å². The summed E-state index contributed by atoms with van der Waals surface area (Å²) in [7, 11) is 2.17. The summed E-state index contributed by atoms with van der Waals surface area (Å²) in [6.45, 7) is 1.78. The van der Waals surface area contributed by atoms with E-state index in [2.05, 4.69) is 23.8 Å². The summed E-state index contributed by atoms with van der Waals surface area (Å²) in [5, 5.41) is 8.71. The second-order valence-electron chi connectivity index (χ2n) is 5.22. The van der Waals surface area contributed by atoms with Crippen molar-refractivity contribution in [1.82, 2.24) is 4.90 Å². The summed E-state index contributed by atoms with van der Waals surface area (Å²) < 4.78 is 5.78. The zero-order valence-electron chi connectivity index (χ0n) is 12.1. The Morgan fingerprint density at radius 2 is 2.25 bits per heavy atom. The van der Waals surface area contributed by atoms with Crippen molar-refractivity contribution in [3.05, 3.63) is 29.8 Å². The van der Waals surface area contributed by atoms with Gasteiger partial charge >= 0.3 is 0 Å². The maximum Gasteiger partial charge on any atom is 0.120 e. The largest absolute Gasteiger partial charge is 0.492 e. The van der Waals surface area contributed by atoms with Gasteiger partial charge in [-0.2, -0.15) is 0 Å². The van der Waals surface area contributed by atoms with E-state index in [9.17, 15) is 0 Å². The van der Waals surface area contributed by atoms with Gasteiger partial charge in [0, 0.05) is 24.6 Å². The molecule has 0 radical (unpaired) electrons. The zero-order chi connectivity index (χ0) is 14.2. The molecule has 3 heteroatoms. The van der Waals surface area contributed by atoms with Crippen molar-refractivity contribution in [3.8, 4) is 17.6 Å². The first-order valence-corrected chi connectivity index (χ1v) is 7.32. The number of aliphatic hydroxyl groups is 1. The Bertz CT molecular complexity index is 471. The predicted molar refractivity (Wildman–Crippen MR) is 80.8 cm³/mol. The van der Waals surface area contributed by atoms with Gasteiger partial charge in [-0.1, -0.05) is 24.3 Å². The molecule has 1 saturated carbocycles. The number of aliphatic hydroxyl groups excluding tert-OH is 1. The minimum atomic E-state index is 0.108. The fourth-order valence-electron chi connectivity index (χ4n) is 2.20. The highest BCUT2D eigenvalue weighted by atomic mass is 16.5. The lowest BCUT2D eigenvalue weighted by atomic mass is 9.92. The third-order valence-electron chi connectivity index (χ3n) is 3.71. The van der Waals surface area contributed by atoms with Crippen molar-refractivity contribution in [1.29, 1.82) is 0 Å². The lowest BCUT2D eigenvalue weighted by Crippen LogP contribution is -2.39. The first-order valence-electron chi connectivity index (χ1n) is 7.32. The summed E-state index contributed by atoms with van der Waals surface area (Å²) >= 11 is 0. The van der Waals surface area contributed by atoms with E-state index in [1.54, 1.807) is 0 Å². The van der Waals surface area contributed by atoms with Crippen LogP contribution in [0.5, 0.6) is 5.75 Å². The van der Waals surface area contributed by atoms with Gasteiger partial charge in [-0.25, -0.2) is 0 Å². The second-order valence-corrected chi connectivity index (χ2v) is 5.22. The average Bonchev–Trinajstić information content (AvgIpc) is 2.37. The number of nitrogens with zero attached hydrogens (tertiary/aromatic N) is 1. The smallest absolute Gasteiger partial charge is 0.120 e. The Kier molecular flexibility index (Phi) is 5.91. The summed E-state index contributed by atoms with van der Waals surface area (Å²) in [5.41, 5.74) is 0.934. The van der Waals surface area contributed by atoms with Crippen LogP contribution in [0.3, 0.4) is 0 Å². The molecule has 1 fully saturated rings. The Morgan fingerprint density at radius 1 is 1.40 bits per heavy atom. The highest BCUT2D eigenvalue weighted by Gasteiger charge is 2.21. The predicted octanol–water partition coefficient (Wildman–Crippen LogP) is 2.28. The van der Waals surface area contributed by atoms with Gasteiger partial charge in [-0.05, 0) is 38.1 Å². The standard InChI is InChI=1S/C17H23NO2/c1-18(16-8-5-9-16)11-13-20-17-10-4-7-15(14-17)6-2-3-12-19/h4,7,10,14,16,19H,3,5,8-9,11-13H2,1H3. The van der Waals surface area contributed by atoms with Crippen LogP contribution in [-0.4, -0.2) is 42.9 Å². The molecule has 0 spiro atoms. The number of benzene rings is 1. The summed E-state index contributed by atoms with van der Waals surface area (Å²) in [6, 6.07) is 8.58. The number of hydrogen-bond donors (Lipinski definition) is 1. The van der Waals surface area contributed by atoms with Gasteiger partial charge in [0.05, 0.1) is 6.61 Å². The lowest BCUT2D eigenvalue weighted by Gasteiger charge is -2.34. The second kappa shape index (κ2) is 7.94. The van der Waals surface area contributed by atoms with E-state index < -0.39 is 0 Å². The van der Waals surface area contributed by atoms with Crippen molar-refractivity contribution in [2.75, 3.05) is 26.8 Å². The molecule has 20 heavy (non-hydrogen) atoms. The summed E-state index contributed by atoms with van der Waals surface area (Å²) in [4.78, 5) is 2.38. The van der Waals surface area contributed by atoms with E-state index in [1.165, 1.54) is 19.3 Å². The van der Waals surface area contributed by atoms with E-state index >= 15 is 0 Å². The Labute approximate surface area is 121 Å². The first-order chi connectivity index (χ1) is 9.79. The van der Waals surface area contributed by atoms with Crippen LogP contribution in [0.25, 0.3) is 0 Å². The number of likely N-dealkylation sites (N-methyl/N-ethyl adjacent to an activating group) is 1. The van der Waals surface area contributed by atoms with Gasteiger partial charge in [-0.3, -0.25) is 0 Å². The van der Waals surface area contributed by atoms with Crippen LogP contribution in [0.1, 0.15) is 31.2 Å². The fraction of sp³-hybridized carbons (Fsp3) is 0.529. The summed E-state index contributed by atoms with van der Waals surface area (Å²) in [5.74, 6) is 6.80. The average molecular weight is 273 g/mol. The molecule has 0 saturated heterocycles. The molecule has 0 bridgehead atoms. The van der Waals surface area contributed by atoms with Crippen molar-refractivity contribution < 1.29 is 9.84 Å². The topological polar surface area (TPSA) is 32.7 Å². The molecular weight excluding hydrogens is 250 g/mol. The number of rotatable bonds is 6. The van der Waals surface area contributed by atoms with E-state index in [4.69, 9.17) is 9.84 Å². The SMILES string of the molecule is CN(CCOc1cccc(C#CCCO)c1)C1CCC1. The normalized spacial score (nSPS) is 14.6. The molecule has 0 amide bonds. The van der Waals surface area contributed by atoms with E-state index in [0.29, 0.717) is 13.0 Å². The van der Waals surface area contributed by atoms with Crippen molar-refractivity contribution >= 4 is 0 Å².